The van der Waals surface area contributed by atoms with Crippen LogP contribution >= 0.6 is 0 Å². The summed E-state index contributed by atoms with van der Waals surface area (Å²) in [7, 11) is 1.59. The minimum Gasteiger partial charge on any atom is -0.481 e. The van der Waals surface area contributed by atoms with Crippen LogP contribution in [0.3, 0.4) is 0 Å². The molecule has 2 aliphatic rings. The lowest BCUT2D eigenvalue weighted by atomic mass is 9.75. The number of hydrogen-bond acceptors (Lipinski definition) is 6. The molecule has 7 heteroatoms. The topological polar surface area (TPSA) is 77.9 Å². The van der Waals surface area contributed by atoms with Crippen molar-refractivity contribution in [3.05, 3.63) is 23.9 Å². The quantitative estimate of drug-likeness (QED) is 0.742. The smallest absolute Gasteiger partial charge is 0.234 e. The van der Waals surface area contributed by atoms with Crippen molar-refractivity contribution in [3.8, 4) is 5.88 Å². The van der Waals surface area contributed by atoms with Crippen LogP contribution in [0.4, 0.5) is 0 Å². The fraction of sp³-hybridized carbons (Fsp3) is 0.684. The van der Waals surface area contributed by atoms with Crippen molar-refractivity contribution in [2.24, 2.45) is 5.92 Å². The molecule has 2 fully saturated rings. The monoisotopic (exact) mass is 362 g/mol. The van der Waals surface area contributed by atoms with Crippen molar-refractivity contribution in [3.63, 3.8) is 0 Å². The number of carbonyl (C=O) groups is 1. The first-order valence-corrected chi connectivity index (χ1v) is 9.51. The van der Waals surface area contributed by atoms with Crippen LogP contribution in [0.25, 0.3) is 0 Å². The molecule has 1 amide bonds. The number of carbonyl (C=O) groups excluding carboxylic acids is 1. The van der Waals surface area contributed by atoms with E-state index in [0.29, 0.717) is 25.3 Å². The van der Waals surface area contributed by atoms with Gasteiger partial charge >= 0.3 is 0 Å². The summed E-state index contributed by atoms with van der Waals surface area (Å²) >= 11 is 0. The molecule has 1 aromatic rings. The third kappa shape index (κ3) is 4.72. The molecule has 1 saturated carbocycles. The molecule has 1 saturated heterocycles. The number of piperazine rings is 1. The van der Waals surface area contributed by atoms with E-state index in [1.807, 2.05) is 12.1 Å². The lowest BCUT2D eigenvalue weighted by molar-refractivity contribution is -0.124. The van der Waals surface area contributed by atoms with E-state index in [0.717, 1.165) is 38.3 Å². The molecule has 2 heterocycles. The van der Waals surface area contributed by atoms with Gasteiger partial charge < -0.3 is 20.1 Å². The first kappa shape index (κ1) is 19.1. The van der Waals surface area contributed by atoms with Gasteiger partial charge in [0.05, 0.1) is 25.8 Å². The van der Waals surface area contributed by atoms with Gasteiger partial charge in [-0.1, -0.05) is 13.0 Å². The highest BCUT2D eigenvalue weighted by atomic mass is 16.5. The molecular weight excluding hydrogens is 332 g/mol. The van der Waals surface area contributed by atoms with Crippen LogP contribution in [0.15, 0.2) is 18.3 Å². The number of amides is 1. The third-order valence-corrected chi connectivity index (χ3v) is 5.54. The maximum atomic E-state index is 12.6. The zero-order valence-corrected chi connectivity index (χ0v) is 15.7. The standard InChI is InChI=1S/C19H30N4O3/c1-3-22-6-8-23(9-7-22)13-17(25)21-19(15-10-16(24)11-15)14-4-5-18(26-2)20-12-14/h4-5,12,15-16,19,24H,3,6-11,13H2,1-2H3,(H,21,25). The van der Waals surface area contributed by atoms with E-state index < -0.39 is 0 Å². The first-order chi connectivity index (χ1) is 12.6. The van der Waals surface area contributed by atoms with Gasteiger partial charge in [-0.15, -0.1) is 0 Å². The summed E-state index contributed by atoms with van der Waals surface area (Å²) in [4.78, 5) is 21.5. The average molecular weight is 362 g/mol. The second-order valence-corrected chi connectivity index (χ2v) is 7.27. The Labute approximate surface area is 155 Å². The molecule has 0 aromatic carbocycles. The van der Waals surface area contributed by atoms with Crippen LogP contribution in [-0.2, 0) is 4.79 Å². The molecule has 144 valence electrons. The van der Waals surface area contributed by atoms with Gasteiger partial charge in [-0.2, -0.15) is 0 Å². The van der Waals surface area contributed by atoms with Crippen LogP contribution in [0.1, 0.15) is 31.4 Å². The highest BCUT2D eigenvalue weighted by Crippen LogP contribution is 2.38. The van der Waals surface area contributed by atoms with Gasteiger partial charge in [0.1, 0.15) is 0 Å². The summed E-state index contributed by atoms with van der Waals surface area (Å²) in [6.07, 6.45) is 2.93. The predicted molar refractivity (Wildman–Crippen MR) is 99.0 cm³/mol. The van der Waals surface area contributed by atoms with Crippen LogP contribution in [0.2, 0.25) is 0 Å². The highest BCUT2D eigenvalue weighted by molar-refractivity contribution is 5.78. The summed E-state index contributed by atoms with van der Waals surface area (Å²) < 4.78 is 5.12. The Morgan fingerprint density at radius 2 is 2.00 bits per heavy atom. The Balaban J connectivity index is 1.59. The molecule has 1 unspecified atom stereocenters. The molecule has 1 aromatic heterocycles. The summed E-state index contributed by atoms with van der Waals surface area (Å²) in [5.74, 6) is 0.847. The fourth-order valence-electron chi connectivity index (χ4n) is 3.76. The van der Waals surface area contributed by atoms with Crippen molar-refractivity contribution in [1.82, 2.24) is 20.1 Å². The number of nitrogens with zero attached hydrogens (tertiary/aromatic N) is 3. The average Bonchev–Trinajstić information content (AvgIpc) is 2.64. The van der Waals surface area contributed by atoms with E-state index in [2.05, 4.69) is 27.0 Å². The molecule has 1 aliphatic carbocycles. The molecular formula is C19H30N4O3. The highest BCUT2D eigenvalue weighted by Gasteiger charge is 2.36. The number of nitrogens with one attached hydrogen (secondary N) is 1. The second-order valence-electron chi connectivity index (χ2n) is 7.27. The number of ether oxygens (including phenoxy) is 1. The Hall–Kier alpha value is -1.70. The summed E-state index contributed by atoms with van der Waals surface area (Å²) in [6, 6.07) is 3.65. The number of likely N-dealkylation sites (N-methyl/N-ethyl adjacent to an activating group) is 1. The van der Waals surface area contributed by atoms with Crippen LogP contribution in [0.5, 0.6) is 5.88 Å². The Bertz CT molecular complexity index is 581. The van der Waals surface area contributed by atoms with Crippen LogP contribution < -0.4 is 10.1 Å². The summed E-state index contributed by atoms with van der Waals surface area (Å²) in [6.45, 7) is 7.55. The van der Waals surface area contributed by atoms with Crippen molar-refractivity contribution >= 4 is 5.91 Å². The summed E-state index contributed by atoms with van der Waals surface area (Å²) in [5, 5.41) is 12.9. The second kappa shape index (κ2) is 8.79. The maximum absolute atomic E-state index is 12.6. The molecule has 0 spiro atoms. The lowest BCUT2D eigenvalue weighted by Gasteiger charge is -2.39. The Morgan fingerprint density at radius 1 is 1.31 bits per heavy atom. The van der Waals surface area contributed by atoms with Gasteiger partial charge in [-0.05, 0) is 30.9 Å². The van der Waals surface area contributed by atoms with E-state index in [-0.39, 0.29) is 24.0 Å². The predicted octanol–water partition coefficient (Wildman–Crippen LogP) is 0.656. The largest absolute Gasteiger partial charge is 0.481 e. The Kier molecular flexibility index (Phi) is 6.45. The van der Waals surface area contributed by atoms with Crippen molar-refractivity contribution in [2.45, 2.75) is 31.9 Å². The van der Waals surface area contributed by atoms with E-state index in [1.165, 1.54) is 0 Å². The molecule has 1 aliphatic heterocycles. The molecule has 1 atom stereocenters. The van der Waals surface area contributed by atoms with Gasteiger partial charge in [-0.25, -0.2) is 4.98 Å². The lowest BCUT2D eigenvalue weighted by Crippen LogP contribution is -2.50. The zero-order valence-electron chi connectivity index (χ0n) is 15.7. The zero-order chi connectivity index (χ0) is 18.5. The molecule has 3 rings (SSSR count). The minimum atomic E-state index is -0.257. The van der Waals surface area contributed by atoms with Crippen LogP contribution in [0, 0.1) is 5.92 Å². The normalized spacial score (nSPS) is 25.3. The van der Waals surface area contributed by atoms with E-state index in [1.54, 1.807) is 13.3 Å². The van der Waals surface area contributed by atoms with Gasteiger partial charge in [0.2, 0.25) is 11.8 Å². The van der Waals surface area contributed by atoms with E-state index in [9.17, 15) is 9.90 Å². The number of aliphatic hydroxyl groups excluding tert-OH is 1. The molecule has 2 N–H and O–H groups in total. The van der Waals surface area contributed by atoms with Crippen molar-refractivity contribution in [2.75, 3.05) is 46.4 Å². The SMILES string of the molecule is CCN1CCN(CC(=O)NC(c2ccc(OC)nc2)C2CC(O)C2)CC1. The van der Waals surface area contributed by atoms with Gasteiger partial charge in [0.15, 0.2) is 0 Å². The number of aliphatic hydroxyl groups is 1. The Morgan fingerprint density at radius 3 is 2.54 bits per heavy atom. The van der Waals surface area contributed by atoms with Gasteiger partial charge in [-0.3, -0.25) is 9.69 Å². The molecule has 0 radical (unpaired) electrons. The van der Waals surface area contributed by atoms with Crippen LogP contribution in [-0.4, -0.2) is 78.3 Å². The summed E-state index contributed by atoms with van der Waals surface area (Å²) in [5.41, 5.74) is 0.965. The fourth-order valence-corrected chi connectivity index (χ4v) is 3.76. The number of hydrogen-bond donors (Lipinski definition) is 2. The third-order valence-electron chi connectivity index (χ3n) is 5.54. The molecule has 0 bridgehead atoms. The van der Waals surface area contributed by atoms with Crippen molar-refractivity contribution in [1.29, 1.82) is 0 Å². The number of methoxy groups -OCH3 is 1. The number of pyridine rings is 1. The van der Waals surface area contributed by atoms with Gasteiger partial charge in [0, 0.05) is 38.4 Å². The van der Waals surface area contributed by atoms with Crippen molar-refractivity contribution < 1.29 is 14.6 Å². The number of aromatic nitrogens is 1. The van der Waals surface area contributed by atoms with Gasteiger partial charge in [0.25, 0.3) is 0 Å². The minimum absolute atomic E-state index is 0.0390. The first-order valence-electron chi connectivity index (χ1n) is 9.51. The molecule has 7 nitrogen and oxygen atoms in total. The molecule has 26 heavy (non-hydrogen) atoms. The van der Waals surface area contributed by atoms with E-state index >= 15 is 0 Å². The number of rotatable bonds is 7. The maximum Gasteiger partial charge on any atom is 0.234 e. The van der Waals surface area contributed by atoms with E-state index in [4.69, 9.17) is 4.74 Å².